The van der Waals surface area contributed by atoms with E-state index < -0.39 is 0 Å². The molecule has 5 nitrogen and oxygen atoms in total. The van der Waals surface area contributed by atoms with Crippen LogP contribution < -0.4 is 0 Å². The fourth-order valence-electron chi connectivity index (χ4n) is 4.09. The van der Waals surface area contributed by atoms with Crippen LogP contribution in [0, 0.1) is 0 Å². The summed E-state index contributed by atoms with van der Waals surface area (Å²) in [4.78, 5) is 20.5. The number of carbonyl (C=O) groups excluding carboxylic acids is 1. The lowest BCUT2D eigenvalue weighted by molar-refractivity contribution is -0.131. The first-order valence-corrected chi connectivity index (χ1v) is 9.88. The zero-order valence-electron chi connectivity index (χ0n) is 16.6. The van der Waals surface area contributed by atoms with E-state index in [0.29, 0.717) is 13.0 Å². The van der Waals surface area contributed by atoms with Crippen molar-refractivity contribution < 1.29 is 9.90 Å². The van der Waals surface area contributed by atoms with Crippen LogP contribution in [0.25, 0.3) is 10.9 Å². The number of nitrogens with zero attached hydrogens (tertiary/aromatic N) is 2. The quantitative estimate of drug-likeness (QED) is 0.651. The Kier molecular flexibility index (Phi) is 6.96. The molecule has 2 atom stereocenters. The molecule has 0 radical (unpaired) electrons. The molecule has 2 heterocycles. The number of likely N-dealkylation sites (tertiary alicyclic amines) is 1. The van der Waals surface area contributed by atoms with E-state index in [1.165, 1.54) is 0 Å². The Morgan fingerprint density at radius 1 is 1.21 bits per heavy atom. The summed E-state index contributed by atoms with van der Waals surface area (Å²) >= 11 is 0. The van der Waals surface area contributed by atoms with Crippen LogP contribution in [0.4, 0.5) is 0 Å². The first kappa shape index (κ1) is 21.4. The summed E-state index contributed by atoms with van der Waals surface area (Å²) in [6.45, 7) is 2.28. The lowest BCUT2D eigenvalue weighted by Gasteiger charge is -2.32. The molecule has 1 amide bonds. The maximum absolute atomic E-state index is 13.2. The van der Waals surface area contributed by atoms with Crippen molar-refractivity contribution >= 4 is 29.2 Å². The molecule has 1 aliphatic rings. The first-order chi connectivity index (χ1) is 13.6. The molecule has 2 aromatic carbocycles. The maximum atomic E-state index is 13.2. The number of aromatic nitrogens is 1. The van der Waals surface area contributed by atoms with Gasteiger partial charge in [0.15, 0.2) is 0 Å². The zero-order chi connectivity index (χ0) is 19.5. The van der Waals surface area contributed by atoms with Gasteiger partial charge in [0.1, 0.15) is 0 Å². The van der Waals surface area contributed by atoms with Gasteiger partial charge in [-0.1, -0.05) is 48.5 Å². The van der Waals surface area contributed by atoms with E-state index in [2.05, 4.69) is 28.1 Å². The van der Waals surface area contributed by atoms with E-state index in [-0.39, 0.29) is 30.5 Å². The predicted octanol–water partition coefficient (Wildman–Crippen LogP) is 3.40. The number of benzene rings is 2. The average Bonchev–Trinajstić information content (AvgIpc) is 3.32. The number of halogens is 1. The van der Waals surface area contributed by atoms with Crippen molar-refractivity contribution in [3.05, 3.63) is 71.9 Å². The van der Waals surface area contributed by atoms with Crippen molar-refractivity contribution in [1.29, 1.82) is 0 Å². The minimum Gasteiger partial charge on any atom is -0.392 e. The van der Waals surface area contributed by atoms with E-state index in [4.69, 9.17) is 0 Å². The molecule has 154 valence electrons. The van der Waals surface area contributed by atoms with E-state index in [0.717, 1.165) is 41.5 Å². The standard InChI is InChI=1S/C23H27N3O2.ClH/c1-25(23(28)13-18-14-24-21-10-6-5-9-20(18)21)22(17-7-3-2-4-8-17)16-26-12-11-19(27)15-26;/h2-10,14,19,22,24,27H,11-13,15-16H2,1H3;1H/t19-,22-;/m1./s1. The Bertz CT molecular complexity index is 943. The number of nitrogens with one attached hydrogen (secondary N) is 1. The minimum atomic E-state index is -0.261. The summed E-state index contributed by atoms with van der Waals surface area (Å²) in [6, 6.07) is 18.2. The van der Waals surface area contributed by atoms with Crippen LogP contribution in [0.2, 0.25) is 0 Å². The fourth-order valence-corrected chi connectivity index (χ4v) is 4.09. The van der Waals surface area contributed by atoms with Gasteiger partial charge in [0.05, 0.1) is 18.6 Å². The molecule has 1 aliphatic heterocycles. The molecule has 0 saturated carbocycles. The highest BCUT2D eigenvalue weighted by atomic mass is 35.5. The summed E-state index contributed by atoms with van der Waals surface area (Å²) in [5, 5.41) is 11.0. The number of hydrogen-bond acceptors (Lipinski definition) is 3. The van der Waals surface area contributed by atoms with Crippen LogP contribution in [0.15, 0.2) is 60.8 Å². The molecule has 2 N–H and O–H groups in total. The van der Waals surface area contributed by atoms with Crippen LogP contribution in [0.5, 0.6) is 0 Å². The summed E-state index contributed by atoms with van der Waals surface area (Å²) in [6.07, 6.45) is 2.84. The van der Waals surface area contributed by atoms with Crippen molar-refractivity contribution in [1.82, 2.24) is 14.8 Å². The van der Waals surface area contributed by atoms with Crippen molar-refractivity contribution in [2.45, 2.75) is 25.0 Å². The summed E-state index contributed by atoms with van der Waals surface area (Å²) in [5.41, 5.74) is 3.20. The monoisotopic (exact) mass is 413 g/mol. The summed E-state index contributed by atoms with van der Waals surface area (Å²) < 4.78 is 0. The number of para-hydroxylation sites is 1. The highest BCUT2D eigenvalue weighted by Crippen LogP contribution is 2.25. The van der Waals surface area contributed by atoms with Crippen LogP contribution in [-0.4, -0.2) is 58.6 Å². The molecule has 6 heteroatoms. The lowest BCUT2D eigenvalue weighted by atomic mass is 10.0. The van der Waals surface area contributed by atoms with E-state index in [9.17, 15) is 9.90 Å². The Morgan fingerprint density at radius 2 is 1.93 bits per heavy atom. The number of aromatic amines is 1. The largest absolute Gasteiger partial charge is 0.392 e. The van der Waals surface area contributed by atoms with Crippen molar-refractivity contribution in [2.24, 2.45) is 0 Å². The third-order valence-corrected chi connectivity index (χ3v) is 5.74. The molecule has 1 aromatic heterocycles. The molecular formula is C23H28ClN3O2. The number of fused-ring (bicyclic) bond motifs is 1. The Labute approximate surface area is 177 Å². The molecule has 3 aromatic rings. The van der Waals surface area contributed by atoms with Gasteiger partial charge in [-0.15, -0.1) is 12.4 Å². The normalized spacial score (nSPS) is 17.8. The van der Waals surface area contributed by atoms with Gasteiger partial charge >= 0.3 is 0 Å². The number of carbonyl (C=O) groups is 1. The Morgan fingerprint density at radius 3 is 2.66 bits per heavy atom. The van der Waals surface area contributed by atoms with Crippen LogP contribution >= 0.6 is 12.4 Å². The van der Waals surface area contributed by atoms with E-state index in [1.54, 1.807) is 0 Å². The third kappa shape index (κ3) is 4.81. The number of amides is 1. The number of aliphatic hydroxyl groups is 1. The van der Waals surface area contributed by atoms with E-state index in [1.807, 2.05) is 54.5 Å². The molecule has 1 fully saturated rings. The molecular weight excluding hydrogens is 386 g/mol. The summed E-state index contributed by atoms with van der Waals surface area (Å²) in [5.74, 6) is 0.0957. The SMILES string of the molecule is CN(C(=O)Cc1c[nH]c2ccccc12)[C@H](CN1CC[C@@H](O)C1)c1ccccc1.Cl. The number of H-pyrrole nitrogens is 1. The fraction of sp³-hybridized carbons (Fsp3) is 0.348. The van der Waals surface area contributed by atoms with Crippen molar-refractivity contribution in [3.63, 3.8) is 0 Å². The summed E-state index contributed by atoms with van der Waals surface area (Å²) in [7, 11) is 1.89. The molecule has 4 rings (SSSR count). The highest BCUT2D eigenvalue weighted by molar-refractivity contribution is 5.89. The van der Waals surface area contributed by atoms with Gasteiger partial charge in [-0.2, -0.15) is 0 Å². The van der Waals surface area contributed by atoms with Crippen LogP contribution in [0.3, 0.4) is 0 Å². The Hall–Kier alpha value is -2.34. The minimum absolute atomic E-state index is 0. The number of likely N-dealkylation sites (N-methyl/N-ethyl adjacent to an activating group) is 1. The number of hydrogen-bond donors (Lipinski definition) is 2. The number of β-amino-alcohol motifs (C(OH)–C–C–N with tert-alkyl or cyclic N) is 1. The average molecular weight is 414 g/mol. The molecule has 1 saturated heterocycles. The van der Waals surface area contributed by atoms with E-state index >= 15 is 0 Å². The van der Waals surface area contributed by atoms with Gasteiger partial charge in [0.25, 0.3) is 0 Å². The van der Waals surface area contributed by atoms with Gasteiger partial charge < -0.3 is 15.0 Å². The third-order valence-electron chi connectivity index (χ3n) is 5.74. The topological polar surface area (TPSA) is 59.6 Å². The molecule has 29 heavy (non-hydrogen) atoms. The van der Waals surface area contributed by atoms with Gasteiger partial charge in [-0.3, -0.25) is 9.69 Å². The highest BCUT2D eigenvalue weighted by Gasteiger charge is 2.28. The molecule has 0 aliphatic carbocycles. The van der Waals surface area contributed by atoms with Crippen LogP contribution in [-0.2, 0) is 11.2 Å². The molecule has 0 spiro atoms. The lowest BCUT2D eigenvalue weighted by Crippen LogP contribution is -2.39. The Balaban J connectivity index is 0.00000240. The maximum Gasteiger partial charge on any atom is 0.227 e. The van der Waals surface area contributed by atoms with Gasteiger partial charge in [-0.25, -0.2) is 0 Å². The number of rotatable bonds is 6. The molecule has 0 bridgehead atoms. The predicted molar refractivity (Wildman–Crippen MR) is 118 cm³/mol. The van der Waals surface area contributed by atoms with Crippen LogP contribution in [0.1, 0.15) is 23.6 Å². The molecule has 0 unspecified atom stereocenters. The zero-order valence-corrected chi connectivity index (χ0v) is 17.4. The van der Waals surface area contributed by atoms with Gasteiger partial charge in [0.2, 0.25) is 5.91 Å². The smallest absolute Gasteiger partial charge is 0.227 e. The second-order valence-corrected chi connectivity index (χ2v) is 7.67. The van der Waals surface area contributed by atoms with Gasteiger partial charge in [0, 0.05) is 43.8 Å². The van der Waals surface area contributed by atoms with Crippen molar-refractivity contribution in [2.75, 3.05) is 26.7 Å². The second kappa shape index (κ2) is 9.44. The van der Waals surface area contributed by atoms with Crippen molar-refractivity contribution in [3.8, 4) is 0 Å². The van der Waals surface area contributed by atoms with Gasteiger partial charge in [-0.05, 0) is 23.6 Å². The number of aliphatic hydroxyl groups excluding tert-OH is 1. The first-order valence-electron chi connectivity index (χ1n) is 9.88. The second-order valence-electron chi connectivity index (χ2n) is 7.67.